The Morgan fingerprint density at radius 3 is 2.28 bits per heavy atom. The van der Waals surface area contributed by atoms with Crippen molar-refractivity contribution in [3.8, 4) is 0 Å². The largest absolute Gasteiger partial charge is 0.396 e. The molecule has 0 bridgehead atoms. The van der Waals surface area contributed by atoms with Gasteiger partial charge in [0.05, 0.1) is 6.10 Å². The minimum absolute atomic E-state index is 0.142. The maximum absolute atomic E-state index is 10.3. The van der Waals surface area contributed by atoms with Crippen LogP contribution < -0.4 is 0 Å². The molecule has 0 heterocycles. The van der Waals surface area contributed by atoms with Crippen LogP contribution in [0.3, 0.4) is 0 Å². The second-order valence-electron chi connectivity index (χ2n) is 4.54. The zero-order chi connectivity index (χ0) is 13.4. The fraction of sp³-hybridized carbons (Fsp3) is 0.600. The standard InChI is InChI=1S/C15H24O3/c1-3-15(17,4-2)18-14(11-8-12-16)13-9-6-5-7-10-13/h5-7,9-10,14,16-17H,3-4,8,11-12H2,1-2H3. The van der Waals surface area contributed by atoms with Crippen LogP contribution in [0.15, 0.2) is 30.3 Å². The van der Waals surface area contributed by atoms with Gasteiger partial charge < -0.3 is 14.9 Å². The van der Waals surface area contributed by atoms with Gasteiger partial charge in [-0.3, -0.25) is 0 Å². The van der Waals surface area contributed by atoms with Gasteiger partial charge in [-0.15, -0.1) is 0 Å². The van der Waals surface area contributed by atoms with E-state index in [2.05, 4.69) is 0 Å². The van der Waals surface area contributed by atoms with Gasteiger partial charge in [0, 0.05) is 6.61 Å². The Bertz CT molecular complexity index is 320. The van der Waals surface area contributed by atoms with Crippen LogP contribution in [0, 0.1) is 0 Å². The van der Waals surface area contributed by atoms with Gasteiger partial charge in [-0.1, -0.05) is 44.2 Å². The summed E-state index contributed by atoms with van der Waals surface area (Å²) in [4.78, 5) is 0. The van der Waals surface area contributed by atoms with Gasteiger partial charge in [0.1, 0.15) is 0 Å². The minimum atomic E-state index is -1.07. The predicted octanol–water partition coefficient (Wildman–Crippen LogP) is 3.03. The summed E-state index contributed by atoms with van der Waals surface area (Å²) in [7, 11) is 0. The Balaban J connectivity index is 2.79. The molecule has 0 radical (unpaired) electrons. The zero-order valence-electron chi connectivity index (χ0n) is 11.3. The number of benzene rings is 1. The molecule has 3 nitrogen and oxygen atoms in total. The Hall–Kier alpha value is -0.900. The first-order valence-corrected chi connectivity index (χ1v) is 6.71. The second kappa shape index (κ2) is 7.52. The average Bonchev–Trinajstić information content (AvgIpc) is 2.44. The maximum atomic E-state index is 10.3. The van der Waals surface area contributed by atoms with Crippen LogP contribution in [0.1, 0.15) is 51.2 Å². The molecule has 3 heteroatoms. The van der Waals surface area contributed by atoms with E-state index in [1.807, 2.05) is 44.2 Å². The van der Waals surface area contributed by atoms with Crippen molar-refractivity contribution in [2.75, 3.05) is 6.61 Å². The third-order valence-corrected chi connectivity index (χ3v) is 3.26. The van der Waals surface area contributed by atoms with Crippen LogP contribution >= 0.6 is 0 Å². The Morgan fingerprint density at radius 2 is 1.78 bits per heavy atom. The fourth-order valence-corrected chi connectivity index (χ4v) is 1.92. The molecule has 0 aliphatic rings. The highest BCUT2D eigenvalue weighted by atomic mass is 16.6. The van der Waals surface area contributed by atoms with Gasteiger partial charge in [-0.25, -0.2) is 0 Å². The van der Waals surface area contributed by atoms with Crippen molar-refractivity contribution in [1.82, 2.24) is 0 Å². The molecule has 0 amide bonds. The highest BCUT2D eigenvalue weighted by molar-refractivity contribution is 5.17. The smallest absolute Gasteiger partial charge is 0.165 e. The Kier molecular flexibility index (Phi) is 6.33. The minimum Gasteiger partial charge on any atom is -0.396 e. The summed E-state index contributed by atoms with van der Waals surface area (Å²) < 4.78 is 5.87. The number of rotatable bonds is 8. The highest BCUT2D eigenvalue weighted by Crippen LogP contribution is 2.30. The van der Waals surface area contributed by atoms with Crippen molar-refractivity contribution in [2.24, 2.45) is 0 Å². The number of hydrogen-bond acceptors (Lipinski definition) is 3. The molecular formula is C15H24O3. The summed E-state index contributed by atoms with van der Waals surface area (Å²) in [5.41, 5.74) is 1.05. The van der Waals surface area contributed by atoms with Gasteiger partial charge in [-0.2, -0.15) is 0 Å². The lowest BCUT2D eigenvalue weighted by Crippen LogP contribution is -2.32. The van der Waals surface area contributed by atoms with E-state index >= 15 is 0 Å². The van der Waals surface area contributed by atoms with Crippen LogP contribution in [0.4, 0.5) is 0 Å². The molecular weight excluding hydrogens is 228 g/mol. The first kappa shape index (κ1) is 15.2. The van der Waals surface area contributed by atoms with E-state index < -0.39 is 5.79 Å². The van der Waals surface area contributed by atoms with Gasteiger partial charge in [0.15, 0.2) is 5.79 Å². The van der Waals surface area contributed by atoms with E-state index in [0.29, 0.717) is 25.7 Å². The number of aliphatic hydroxyl groups excluding tert-OH is 1. The SMILES string of the molecule is CCC(O)(CC)OC(CCCO)c1ccccc1. The van der Waals surface area contributed by atoms with Gasteiger partial charge in [0.25, 0.3) is 0 Å². The van der Waals surface area contributed by atoms with Crippen molar-refractivity contribution in [2.45, 2.75) is 51.4 Å². The maximum Gasteiger partial charge on any atom is 0.165 e. The molecule has 1 rings (SSSR count). The fourth-order valence-electron chi connectivity index (χ4n) is 1.92. The molecule has 0 saturated carbocycles. The molecule has 0 spiro atoms. The molecule has 1 unspecified atom stereocenters. The third kappa shape index (κ3) is 4.41. The lowest BCUT2D eigenvalue weighted by molar-refractivity contribution is -0.237. The number of hydrogen-bond donors (Lipinski definition) is 2. The van der Waals surface area contributed by atoms with Crippen LogP contribution in [-0.2, 0) is 4.74 Å². The Morgan fingerprint density at radius 1 is 1.17 bits per heavy atom. The summed E-state index contributed by atoms with van der Waals surface area (Å²) in [6.45, 7) is 3.97. The van der Waals surface area contributed by atoms with Crippen molar-refractivity contribution < 1.29 is 14.9 Å². The average molecular weight is 252 g/mol. The van der Waals surface area contributed by atoms with E-state index in [4.69, 9.17) is 9.84 Å². The van der Waals surface area contributed by atoms with Gasteiger partial charge >= 0.3 is 0 Å². The van der Waals surface area contributed by atoms with Crippen LogP contribution in [0.5, 0.6) is 0 Å². The quantitative estimate of drug-likeness (QED) is 0.699. The van der Waals surface area contributed by atoms with E-state index in [-0.39, 0.29) is 12.7 Å². The van der Waals surface area contributed by atoms with Crippen molar-refractivity contribution in [1.29, 1.82) is 0 Å². The van der Waals surface area contributed by atoms with Crippen molar-refractivity contribution in [3.05, 3.63) is 35.9 Å². The topological polar surface area (TPSA) is 49.7 Å². The normalized spacial score (nSPS) is 13.6. The van der Waals surface area contributed by atoms with Gasteiger partial charge in [0.2, 0.25) is 0 Å². The molecule has 18 heavy (non-hydrogen) atoms. The molecule has 0 fully saturated rings. The summed E-state index contributed by atoms with van der Waals surface area (Å²) in [6.07, 6.45) is 2.34. The molecule has 2 N–H and O–H groups in total. The zero-order valence-corrected chi connectivity index (χ0v) is 11.3. The predicted molar refractivity (Wildman–Crippen MR) is 72.1 cm³/mol. The molecule has 0 saturated heterocycles. The van der Waals surface area contributed by atoms with E-state index in [1.54, 1.807) is 0 Å². The first-order valence-electron chi connectivity index (χ1n) is 6.71. The molecule has 1 aromatic carbocycles. The van der Waals surface area contributed by atoms with E-state index in [0.717, 1.165) is 5.56 Å². The summed E-state index contributed by atoms with van der Waals surface area (Å²) in [6, 6.07) is 9.86. The summed E-state index contributed by atoms with van der Waals surface area (Å²) in [5, 5.41) is 19.2. The molecule has 1 atom stereocenters. The second-order valence-corrected chi connectivity index (χ2v) is 4.54. The summed E-state index contributed by atoms with van der Waals surface area (Å²) >= 11 is 0. The third-order valence-electron chi connectivity index (χ3n) is 3.26. The lowest BCUT2D eigenvalue weighted by atomic mass is 10.0. The van der Waals surface area contributed by atoms with E-state index in [9.17, 15) is 5.11 Å². The molecule has 0 aromatic heterocycles. The van der Waals surface area contributed by atoms with E-state index in [1.165, 1.54) is 0 Å². The van der Waals surface area contributed by atoms with Crippen molar-refractivity contribution >= 4 is 0 Å². The summed E-state index contributed by atoms with van der Waals surface area (Å²) in [5.74, 6) is -1.07. The Labute approximate surface area is 109 Å². The monoisotopic (exact) mass is 252 g/mol. The number of aliphatic hydroxyl groups is 2. The molecule has 102 valence electrons. The highest BCUT2D eigenvalue weighted by Gasteiger charge is 2.27. The molecule has 0 aliphatic carbocycles. The van der Waals surface area contributed by atoms with Gasteiger partial charge in [-0.05, 0) is 31.2 Å². The first-order chi connectivity index (χ1) is 8.65. The van der Waals surface area contributed by atoms with Crippen LogP contribution in [-0.4, -0.2) is 22.6 Å². The molecule has 1 aromatic rings. The van der Waals surface area contributed by atoms with Crippen LogP contribution in [0.25, 0.3) is 0 Å². The van der Waals surface area contributed by atoms with Crippen LogP contribution in [0.2, 0.25) is 0 Å². The molecule has 0 aliphatic heterocycles. The number of ether oxygens (including phenoxy) is 1. The van der Waals surface area contributed by atoms with Crippen molar-refractivity contribution in [3.63, 3.8) is 0 Å². The lowest BCUT2D eigenvalue weighted by Gasteiger charge is -2.31.